The Hall–Kier alpha value is -3.39. The number of nitrogens with two attached hydrogens (primary N) is 1. The van der Waals surface area contributed by atoms with E-state index < -0.39 is 6.10 Å². The van der Waals surface area contributed by atoms with E-state index in [0.717, 1.165) is 16.5 Å². The molecule has 1 unspecified atom stereocenters. The van der Waals surface area contributed by atoms with Crippen molar-refractivity contribution in [2.45, 2.75) is 39.6 Å². The maximum absolute atomic E-state index is 13.5. The summed E-state index contributed by atoms with van der Waals surface area (Å²) in [4.78, 5) is 29.8. The normalized spacial score (nSPS) is 13.5. The predicted molar refractivity (Wildman–Crippen MR) is 152 cm³/mol. The summed E-state index contributed by atoms with van der Waals surface area (Å²) < 4.78 is 28.9. The minimum absolute atomic E-state index is 0.0296. The summed E-state index contributed by atoms with van der Waals surface area (Å²) in [7, 11) is 1.46. The Morgan fingerprint density at radius 1 is 1.12 bits per heavy atom. The van der Waals surface area contributed by atoms with Gasteiger partial charge in [-0.3, -0.25) is 4.79 Å². The van der Waals surface area contributed by atoms with Gasteiger partial charge in [0.1, 0.15) is 6.10 Å². The van der Waals surface area contributed by atoms with Gasteiger partial charge in [0.05, 0.1) is 56.5 Å². The van der Waals surface area contributed by atoms with Gasteiger partial charge in [-0.2, -0.15) is 0 Å². The monoisotopic (exact) mass is 570 g/mol. The zero-order valence-corrected chi connectivity index (χ0v) is 23.7. The highest BCUT2D eigenvalue weighted by molar-refractivity contribution is 5.90. The Morgan fingerprint density at radius 3 is 2.56 bits per heavy atom. The molecule has 1 atom stereocenters. The largest absolute Gasteiger partial charge is 0.454 e. The van der Waals surface area contributed by atoms with Crippen molar-refractivity contribution in [1.29, 1.82) is 0 Å². The minimum atomic E-state index is -1.45. The van der Waals surface area contributed by atoms with Crippen LogP contribution in [-0.4, -0.2) is 74.4 Å². The summed E-state index contributed by atoms with van der Waals surface area (Å²) in [5, 5.41) is 14.7. The molecular weight excluding hydrogens is 532 g/mol. The second-order valence-corrected chi connectivity index (χ2v) is 9.20. The standard InChI is InChI=1S/C27H32N4O8.C2H6/c1-35-14-20-17(23(33)13-32)8-22-26-19(12-31(22)27(20)34)18(11-29-3-5-37-7-6-36-4-2-28)16-9-24-25(39-15-38-24)10-21(16)30-26;1-2/h8-10,13,23,29,33H,2-7,11-12,14-15,28H2,1H3;1-2H3. The van der Waals surface area contributed by atoms with Crippen molar-refractivity contribution < 1.29 is 33.6 Å². The van der Waals surface area contributed by atoms with E-state index in [0.29, 0.717) is 87.3 Å². The lowest BCUT2D eigenvalue weighted by molar-refractivity contribution is -0.115. The van der Waals surface area contributed by atoms with E-state index >= 15 is 0 Å². The summed E-state index contributed by atoms with van der Waals surface area (Å²) in [5.74, 6) is 1.24. The van der Waals surface area contributed by atoms with Gasteiger partial charge < -0.3 is 49.2 Å². The Balaban J connectivity index is 0.00000189. The van der Waals surface area contributed by atoms with Crippen LogP contribution in [-0.2, 0) is 38.7 Å². The molecule has 12 heteroatoms. The van der Waals surface area contributed by atoms with E-state index in [1.165, 1.54) is 7.11 Å². The number of carbonyl (C=O) groups excluding carboxylic acids is 1. The van der Waals surface area contributed by atoms with Gasteiger partial charge in [-0.1, -0.05) is 13.8 Å². The molecule has 0 amide bonds. The number of hydrogen-bond acceptors (Lipinski definition) is 11. The second-order valence-electron chi connectivity index (χ2n) is 9.20. The van der Waals surface area contributed by atoms with E-state index in [1.807, 2.05) is 26.0 Å². The number of aldehydes is 1. The Bertz CT molecular complexity index is 1420. The zero-order valence-electron chi connectivity index (χ0n) is 23.7. The fourth-order valence-corrected chi connectivity index (χ4v) is 4.95. The van der Waals surface area contributed by atoms with Crippen molar-refractivity contribution in [1.82, 2.24) is 14.9 Å². The van der Waals surface area contributed by atoms with Crippen LogP contribution in [0.1, 0.15) is 42.2 Å². The van der Waals surface area contributed by atoms with Crippen molar-refractivity contribution in [3.63, 3.8) is 0 Å². The van der Waals surface area contributed by atoms with Crippen molar-refractivity contribution in [2.75, 3.05) is 53.4 Å². The summed E-state index contributed by atoms with van der Waals surface area (Å²) in [6, 6.07) is 5.40. The topological polar surface area (TPSA) is 156 Å². The molecule has 0 saturated heterocycles. The molecule has 0 radical (unpaired) electrons. The SMILES string of the molecule is CC.COCc1c(C(O)C=O)cc2n(c1=O)Cc1c-2nc2cc3c(cc2c1CNCCOCCOCCN)OCO3. The van der Waals surface area contributed by atoms with Crippen LogP contribution in [0.5, 0.6) is 11.5 Å². The molecule has 5 rings (SSSR count). The molecule has 4 N–H and O–H groups in total. The molecule has 222 valence electrons. The molecule has 0 fully saturated rings. The van der Waals surface area contributed by atoms with Gasteiger partial charge in [-0.25, -0.2) is 4.98 Å². The Kier molecular flexibility index (Phi) is 10.8. The van der Waals surface area contributed by atoms with Crippen LogP contribution in [0.3, 0.4) is 0 Å². The lowest BCUT2D eigenvalue weighted by Crippen LogP contribution is -2.26. The number of aromatic nitrogens is 2. The lowest BCUT2D eigenvalue weighted by Gasteiger charge is -2.14. The molecule has 1 aromatic carbocycles. The third-order valence-corrected chi connectivity index (χ3v) is 6.79. The average Bonchev–Trinajstić information content (AvgIpc) is 3.61. The summed E-state index contributed by atoms with van der Waals surface area (Å²) in [6.45, 7) is 7.95. The highest BCUT2D eigenvalue weighted by atomic mass is 16.7. The third-order valence-electron chi connectivity index (χ3n) is 6.79. The van der Waals surface area contributed by atoms with Gasteiger partial charge in [-0.05, 0) is 17.7 Å². The van der Waals surface area contributed by atoms with Crippen LogP contribution in [0.15, 0.2) is 23.0 Å². The number of fused-ring (bicyclic) bond motifs is 5. The van der Waals surface area contributed by atoms with Gasteiger partial charge >= 0.3 is 0 Å². The van der Waals surface area contributed by atoms with Crippen LogP contribution in [0, 0.1) is 0 Å². The predicted octanol–water partition coefficient (Wildman–Crippen LogP) is 1.64. The smallest absolute Gasteiger partial charge is 0.257 e. The molecule has 0 spiro atoms. The van der Waals surface area contributed by atoms with Crippen LogP contribution >= 0.6 is 0 Å². The van der Waals surface area contributed by atoms with Gasteiger partial charge in [0.15, 0.2) is 17.8 Å². The summed E-state index contributed by atoms with van der Waals surface area (Å²) >= 11 is 0. The Morgan fingerprint density at radius 2 is 1.85 bits per heavy atom. The molecule has 0 saturated carbocycles. The van der Waals surface area contributed by atoms with Gasteiger partial charge in [-0.15, -0.1) is 0 Å². The first-order valence-corrected chi connectivity index (χ1v) is 13.8. The number of methoxy groups -OCH3 is 1. The fourth-order valence-electron chi connectivity index (χ4n) is 4.95. The number of hydrogen-bond donors (Lipinski definition) is 3. The van der Waals surface area contributed by atoms with E-state index in [2.05, 4.69) is 5.32 Å². The van der Waals surface area contributed by atoms with Crippen molar-refractivity contribution in [3.05, 3.63) is 50.8 Å². The molecule has 4 heterocycles. The van der Waals surface area contributed by atoms with Gasteiger partial charge in [0.25, 0.3) is 5.56 Å². The fraction of sp³-hybridized carbons (Fsp3) is 0.483. The molecule has 2 aliphatic rings. The van der Waals surface area contributed by atoms with E-state index in [4.69, 9.17) is 34.4 Å². The first-order valence-electron chi connectivity index (χ1n) is 13.8. The third kappa shape index (κ3) is 6.43. The molecule has 3 aromatic rings. The number of pyridine rings is 2. The number of ether oxygens (including phenoxy) is 5. The van der Waals surface area contributed by atoms with Crippen molar-refractivity contribution in [3.8, 4) is 22.9 Å². The maximum Gasteiger partial charge on any atom is 0.257 e. The highest BCUT2D eigenvalue weighted by Gasteiger charge is 2.30. The second kappa shape index (κ2) is 14.5. The van der Waals surface area contributed by atoms with Gasteiger partial charge in [0.2, 0.25) is 6.79 Å². The van der Waals surface area contributed by atoms with Crippen LogP contribution < -0.4 is 26.1 Å². The molecule has 0 aliphatic carbocycles. The quantitative estimate of drug-likeness (QED) is 0.150. The number of nitrogens with zero attached hydrogens (tertiary/aromatic N) is 2. The number of carbonyl (C=O) groups is 1. The van der Waals surface area contributed by atoms with Crippen molar-refractivity contribution in [2.24, 2.45) is 5.73 Å². The first-order chi connectivity index (χ1) is 20.1. The zero-order chi connectivity index (χ0) is 29.4. The average molecular weight is 571 g/mol. The van der Waals surface area contributed by atoms with Crippen LogP contribution in [0.4, 0.5) is 0 Å². The van der Waals surface area contributed by atoms with Crippen LogP contribution in [0.2, 0.25) is 0 Å². The molecule has 0 bridgehead atoms. The molecule has 2 aliphatic heterocycles. The number of rotatable bonds is 14. The molecular formula is C29H38N4O8. The number of benzene rings is 1. The number of aliphatic hydroxyl groups excluding tert-OH is 1. The minimum Gasteiger partial charge on any atom is -0.454 e. The maximum atomic E-state index is 13.5. The number of nitrogens with one attached hydrogen (secondary N) is 1. The summed E-state index contributed by atoms with van der Waals surface area (Å²) in [6.07, 6.45) is -1.05. The first kappa shape index (κ1) is 30.6. The van der Waals surface area contributed by atoms with Gasteiger partial charge in [0, 0.05) is 54.9 Å². The Labute approximate surface area is 238 Å². The van der Waals surface area contributed by atoms with Crippen molar-refractivity contribution >= 4 is 17.2 Å². The number of aliphatic hydroxyl groups is 1. The highest BCUT2D eigenvalue weighted by Crippen LogP contribution is 2.41. The molecule has 41 heavy (non-hydrogen) atoms. The molecule has 12 nitrogen and oxygen atoms in total. The summed E-state index contributed by atoms with van der Waals surface area (Å²) in [5.41, 5.74) is 9.22. The van der Waals surface area contributed by atoms with E-state index in [9.17, 15) is 14.7 Å². The van der Waals surface area contributed by atoms with E-state index in [-0.39, 0.29) is 30.1 Å². The van der Waals surface area contributed by atoms with E-state index in [1.54, 1.807) is 10.6 Å². The lowest BCUT2D eigenvalue weighted by atomic mass is 9.99. The van der Waals surface area contributed by atoms with Crippen LogP contribution in [0.25, 0.3) is 22.3 Å². The molecule has 2 aromatic heterocycles.